The van der Waals surface area contributed by atoms with E-state index in [0.29, 0.717) is 15.5 Å². The van der Waals surface area contributed by atoms with Gasteiger partial charge in [0.05, 0.1) is 17.4 Å². The summed E-state index contributed by atoms with van der Waals surface area (Å²) in [6.07, 6.45) is -3.81. The van der Waals surface area contributed by atoms with Crippen molar-refractivity contribution in [1.29, 1.82) is 0 Å². The summed E-state index contributed by atoms with van der Waals surface area (Å²) in [5, 5.41) is 6.70. The molecule has 4 nitrogen and oxygen atoms in total. The number of carbonyl (C=O) groups excluding carboxylic acids is 1. The Labute approximate surface area is 175 Å². The molecule has 2 aromatic carbocycles. The number of nitrogens with zero attached hydrogens (tertiary/aromatic N) is 2. The fraction of sp³-hybridized carbons (Fsp3) is 0.200. The Kier molecular flexibility index (Phi) is 6.87. The molecule has 0 atom stereocenters. The van der Waals surface area contributed by atoms with E-state index < -0.39 is 23.3 Å². The van der Waals surface area contributed by atoms with Gasteiger partial charge in [-0.2, -0.15) is 30.0 Å². The molecule has 0 aliphatic heterocycles. The van der Waals surface area contributed by atoms with E-state index in [9.17, 15) is 18.0 Å². The Morgan fingerprint density at radius 3 is 2.45 bits per heavy atom. The number of halogens is 4. The van der Waals surface area contributed by atoms with Crippen LogP contribution >= 0.6 is 23.4 Å². The van der Waals surface area contributed by atoms with Crippen molar-refractivity contribution in [3.63, 3.8) is 0 Å². The Hall–Kier alpha value is -2.45. The van der Waals surface area contributed by atoms with Crippen LogP contribution in [0.4, 0.5) is 13.2 Å². The number of nitrogens with one attached hydrogen (secondary N) is 1. The SMILES string of the molecule is O=C(NCCSCc1ccccc1)c1cnn(-c2ccc(Cl)cc2)c1C(F)(F)F. The third-order valence-corrected chi connectivity index (χ3v) is 5.28. The average Bonchev–Trinajstić information content (AvgIpc) is 3.15. The number of hydrogen-bond donors (Lipinski definition) is 1. The summed E-state index contributed by atoms with van der Waals surface area (Å²) in [7, 11) is 0. The number of benzene rings is 2. The molecule has 0 unspecified atom stereocenters. The van der Waals surface area contributed by atoms with Crippen LogP contribution in [-0.4, -0.2) is 28.0 Å². The van der Waals surface area contributed by atoms with E-state index in [4.69, 9.17) is 11.6 Å². The van der Waals surface area contributed by atoms with Gasteiger partial charge in [-0.3, -0.25) is 4.79 Å². The molecule has 1 aromatic heterocycles. The van der Waals surface area contributed by atoms with Gasteiger partial charge >= 0.3 is 6.18 Å². The van der Waals surface area contributed by atoms with Crippen molar-refractivity contribution in [3.05, 3.63) is 82.6 Å². The summed E-state index contributed by atoms with van der Waals surface area (Å²) in [5.41, 5.74) is -0.318. The van der Waals surface area contributed by atoms with Gasteiger partial charge in [0, 0.05) is 23.1 Å². The molecule has 1 N–H and O–H groups in total. The van der Waals surface area contributed by atoms with Crippen LogP contribution in [0.1, 0.15) is 21.6 Å². The molecule has 0 saturated heterocycles. The van der Waals surface area contributed by atoms with E-state index in [1.165, 1.54) is 24.3 Å². The summed E-state index contributed by atoms with van der Waals surface area (Å²) < 4.78 is 41.6. The monoisotopic (exact) mass is 439 g/mol. The Morgan fingerprint density at radius 2 is 1.79 bits per heavy atom. The van der Waals surface area contributed by atoms with E-state index in [0.717, 1.165) is 17.5 Å². The maximum absolute atomic E-state index is 13.6. The van der Waals surface area contributed by atoms with Gasteiger partial charge in [0.15, 0.2) is 5.69 Å². The Bertz CT molecular complexity index is 959. The number of carbonyl (C=O) groups is 1. The maximum Gasteiger partial charge on any atom is 0.434 e. The lowest BCUT2D eigenvalue weighted by Gasteiger charge is -2.13. The van der Waals surface area contributed by atoms with Crippen molar-refractivity contribution in [2.24, 2.45) is 0 Å². The van der Waals surface area contributed by atoms with E-state index >= 15 is 0 Å². The molecule has 0 radical (unpaired) electrons. The fourth-order valence-corrected chi connectivity index (χ4v) is 3.61. The molecule has 0 saturated carbocycles. The fourth-order valence-electron chi connectivity index (χ4n) is 2.66. The summed E-state index contributed by atoms with van der Waals surface area (Å²) >= 11 is 7.37. The van der Waals surface area contributed by atoms with Crippen LogP contribution in [0.3, 0.4) is 0 Å². The average molecular weight is 440 g/mol. The number of aromatic nitrogens is 2. The number of alkyl halides is 3. The van der Waals surface area contributed by atoms with E-state index in [2.05, 4.69) is 10.4 Å². The van der Waals surface area contributed by atoms with Gasteiger partial charge in [0.1, 0.15) is 0 Å². The minimum absolute atomic E-state index is 0.166. The van der Waals surface area contributed by atoms with Crippen molar-refractivity contribution in [2.45, 2.75) is 11.9 Å². The van der Waals surface area contributed by atoms with Gasteiger partial charge in [-0.25, -0.2) is 4.68 Å². The van der Waals surface area contributed by atoms with Gasteiger partial charge in [-0.1, -0.05) is 41.9 Å². The molecule has 152 valence electrons. The van der Waals surface area contributed by atoms with Gasteiger partial charge in [0.2, 0.25) is 0 Å². The van der Waals surface area contributed by atoms with E-state index in [-0.39, 0.29) is 12.2 Å². The van der Waals surface area contributed by atoms with Crippen molar-refractivity contribution >= 4 is 29.3 Å². The smallest absolute Gasteiger partial charge is 0.351 e. The topological polar surface area (TPSA) is 46.9 Å². The van der Waals surface area contributed by atoms with Gasteiger partial charge in [-0.05, 0) is 29.8 Å². The molecule has 1 amide bonds. The van der Waals surface area contributed by atoms with Crippen LogP contribution in [0.25, 0.3) is 5.69 Å². The Balaban J connectivity index is 1.66. The predicted molar refractivity (Wildman–Crippen MR) is 109 cm³/mol. The van der Waals surface area contributed by atoms with Crippen molar-refractivity contribution < 1.29 is 18.0 Å². The lowest BCUT2D eigenvalue weighted by molar-refractivity contribution is -0.143. The molecular formula is C20H17ClF3N3OS. The predicted octanol–water partition coefficient (Wildman–Crippen LogP) is 5.21. The van der Waals surface area contributed by atoms with Crippen LogP contribution in [0.15, 0.2) is 60.8 Å². The van der Waals surface area contributed by atoms with E-state index in [1.54, 1.807) is 11.8 Å². The molecule has 1 heterocycles. The zero-order valence-electron chi connectivity index (χ0n) is 15.1. The molecule has 9 heteroatoms. The lowest BCUT2D eigenvalue weighted by Crippen LogP contribution is -2.28. The standard InChI is InChI=1S/C20H17ClF3N3OS/c21-15-6-8-16(9-7-15)27-18(20(22,23)24)17(12-26-27)19(28)25-10-11-29-13-14-4-2-1-3-5-14/h1-9,12H,10-11,13H2,(H,25,28). The second kappa shape index (κ2) is 9.37. The minimum atomic E-state index is -4.75. The highest BCUT2D eigenvalue weighted by atomic mass is 35.5. The van der Waals surface area contributed by atoms with Crippen LogP contribution in [0.5, 0.6) is 0 Å². The first-order valence-corrected chi connectivity index (χ1v) is 10.2. The third kappa shape index (κ3) is 5.55. The normalized spacial score (nSPS) is 11.4. The highest BCUT2D eigenvalue weighted by Gasteiger charge is 2.40. The molecule has 3 rings (SSSR count). The second-order valence-corrected chi connectivity index (χ2v) is 7.63. The quantitative estimate of drug-likeness (QED) is 0.514. The summed E-state index contributed by atoms with van der Waals surface area (Å²) in [5.74, 6) is 0.532. The first-order chi connectivity index (χ1) is 13.9. The molecule has 0 fully saturated rings. The van der Waals surface area contributed by atoms with Crippen molar-refractivity contribution in [2.75, 3.05) is 12.3 Å². The summed E-state index contributed by atoms with van der Waals surface area (Å²) in [4.78, 5) is 12.3. The van der Waals surface area contributed by atoms with Crippen LogP contribution in [0.2, 0.25) is 5.02 Å². The van der Waals surface area contributed by atoms with Crippen LogP contribution < -0.4 is 5.32 Å². The number of hydrogen-bond acceptors (Lipinski definition) is 3. The summed E-state index contributed by atoms with van der Waals surface area (Å²) in [6, 6.07) is 15.5. The third-order valence-electron chi connectivity index (χ3n) is 4.00. The Morgan fingerprint density at radius 1 is 1.10 bits per heavy atom. The molecule has 0 aliphatic carbocycles. The molecule has 0 bridgehead atoms. The highest BCUT2D eigenvalue weighted by Crippen LogP contribution is 2.33. The molecule has 29 heavy (non-hydrogen) atoms. The zero-order valence-corrected chi connectivity index (χ0v) is 16.7. The highest BCUT2D eigenvalue weighted by molar-refractivity contribution is 7.98. The molecule has 0 aliphatic rings. The molecular weight excluding hydrogens is 423 g/mol. The molecule has 0 spiro atoms. The van der Waals surface area contributed by atoms with Gasteiger partial charge < -0.3 is 5.32 Å². The van der Waals surface area contributed by atoms with Gasteiger partial charge in [-0.15, -0.1) is 0 Å². The minimum Gasteiger partial charge on any atom is -0.351 e. The van der Waals surface area contributed by atoms with Crippen LogP contribution in [-0.2, 0) is 11.9 Å². The van der Waals surface area contributed by atoms with Crippen molar-refractivity contribution in [3.8, 4) is 5.69 Å². The van der Waals surface area contributed by atoms with Crippen molar-refractivity contribution in [1.82, 2.24) is 15.1 Å². The lowest BCUT2D eigenvalue weighted by atomic mass is 10.2. The second-order valence-electron chi connectivity index (χ2n) is 6.09. The number of rotatable bonds is 7. The van der Waals surface area contributed by atoms with Crippen LogP contribution in [0, 0.1) is 0 Å². The zero-order chi connectivity index (χ0) is 20.9. The maximum atomic E-state index is 13.6. The van der Waals surface area contributed by atoms with E-state index in [1.807, 2.05) is 30.3 Å². The first kappa shape index (κ1) is 21.3. The molecule has 3 aromatic rings. The number of amides is 1. The first-order valence-electron chi connectivity index (χ1n) is 8.67. The summed E-state index contributed by atoms with van der Waals surface area (Å²) in [6.45, 7) is 0.250. The number of thioether (sulfide) groups is 1. The largest absolute Gasteiger partial charge is 0.434 e. The van der Waals surface area contributed by atoms with Gasteiger partial charge in [0.25, 0.3) is 5.91 Å².